The molecule has 2 fully saturated rings. The standard InChI is InChI=1S/C13H25NO2/c1-2-5-14-12-8-13(9-12)16-10-11-3-6-15-7-4-11/h11-14H,2-10H2,1H3. The van der Waals surface area contributed by atoms with E-state index >= 15 is 0 Å². The van der Waals surface area contributed by atoms with Gasteiger partial charge in [-0.25, -0.2) is 0 Å². The third kappa shape index (κ3) is 3.72. The molecule has 3 heteroatoms. The lowest BCUT2D eigenvalue weighted by Crippen LogP contribution is -2.46. The molecule has 1 heterocycles. The molecule has 0 aromatic rings. The Hall–Kier alpha value is -0.120. The van der Waals surface area contributed by atoms with E-state index in [1.54, 1.807) is 0 Å². The summed E-state index contributed by atoms with van der Waals surface area (Å²) < 4.78 is 11.3. The van der Waals surface area contributed by atoms with Gasteiger partial charge in [-0.1, -0.05) is 6.92 Å². The molecule has 0 spiro atoms. The molecule has 0 aromatic carbocycles. The summed E-state index contributed by atoms with van der Waals surface area (Å²) in [5.41, 5.74) is 0. The van der Waals surface area contributed by atoms with Gasteiger partial charge in [-0.05, 0) is 44.6 Å². The van der Waals surface area contributed by atoms with E-state index < -0.39 is 0 Å². The second kappa shape index (κ2) is 6.58. The van der Waals surface area contributed by atoms with E-state index in [0.29, 0.717) is 6.10 Å². The molecule has 1 saturated carbocycles. The molecular formula is C13H25NO2. The number of hydrogen-bond donors (Lipinski definition) is 1. The van der Waals surface area contributed by atoms with Crippen molar-refractivity contribution >= 4 is 0 Å². The van der Waals surface area contributed by atoms with E-state index in [0.717, 1.165) is 38.3 Å². The van der Waals surface area contributed by atoms with Crippen LogP contribution in [-0.2, 0) is 9.47 Å². The molecule has 0 bridgehead atoms. The topological polar surface area (TPSA) is 30.5 Å². The molecule has 2 rings (SSSR count). The molecule has 3 nitrogen and oxygen atoms in total. The van der Waals surface area contributed by atoms with Crippen LogP contribution in [0, 0.1) is 5.92 Å². The quantitative estimate of drug-likeness (QED) is 0.752. The molecule has 1 N–H and O–H groups in total. The Labute approximate surface area is 98.9 Å². The van der Waals surface area contributed by atoms with Gasteiger partial charge in [0.05, 0.1) is 6.10 Å². The molecule has 0 aromatic heterocycles. The van der Waals surface area contributed by atoms with E-state index in [9.17, 15) is 0 Å². The van der Waals surface area contributed by atoms with Crippen LogP contribution in [0.5, 0.6) is 0 Å². The molecule has 94 valence electrons. The van der Waals surface area contributed by atoms with Crippen molar-refractivity contribution in [1.82, 2.24) is 5.32 Å². The highest BCUT2D eigenvalue weighted by molar-refractivity contribution is 4.86. The normalized spacial score (nSPS) is 31.3. The van der Waals surface area contributed by atoms with Gasteiger partial charge in [0.2, 0.25) is 0 Å². The smallest absolute Gasteiger partial charge is 0.0605 e. The van der Waals surface area contributed by atoms with E-state index in [1.807, 2.05) is 0 Å². The molecule has 1 aliphatic carbocycles. The molecule has 0 atom stereocenters. The van der Waals surface area contributed by atoms with E-state index in [-0.39, 0.29) is 0 Å². The molecule has 0 amide bonds. The van der Waals surface area contributed by atoms with Crippen LogP contribution in [0.25, 0.3) is 0 Å². The number of hydrogen-bond acceptors (Lipinski definition) is 3. The van der Waals surface area contributed by atoms with E-state index in [1.165, 1.54) is 32.1 Å². The Balaban J connectivity index is 1.49. The van der Waals surface area contributed by atoms with Crippen molar-refractivity contribution in [3.8, 4) is 0 Å². The third-order valence-corrected chi connectivity index (χ3v) is 3.69. The van der Waals surface area contributed by atoms with Crippen LogP contribution >= 0.6 is 0 Å². The summed E-state index contributed by atoms with van der Waals surface area (Å²) in [5, 5.41) is 3.54. The fourth-order valence-electron chi connectivity index (χ4n) is 2.40. The van der Waals surface area contributed by atoms with Crippen LogP contribution < -0.4 is 5.32 Å². The van der Waals surface area contributed by atoms with Gasteiger partial charge in [0, 0.05) is 25.9 Å². The summed E-state index contributed by atoms with van der Waals surface area (Å²) in [6.45, 7) is 6.18. The van der Waals surface area contributed by atoms with Gasteiger partial charge < -0.3 is 14.8 Å². The number of rotatable bonds is 6. The summed E-state index contributed by atoms with van der Waals surface area (Å²) >= 11 is 0. The van der Waals surface area contributed by atoms with Crippen molar-refractivity contribution in [2.75, 3.05) is 26.4 Å². The van der Waals surface area contributed by atoms with Crippen molar-refractivity contribution in [2.45, 2.75) is 51.2 Å². The summed E-state index contributed by atoms with van der Waals surface area (Å²) in [6.07, 6.45) is 6.54. The maximum absolute atomic E-state index is 5.93. The Kier molecular flexibility index (Phi) is 5.07. The molecule has 0 radical (unpaired) electrons. The van der Waals surface area contributed by atoms with Gasteiger partial charge in [0.1, 0.15) is 0 Å². The van der Waals surface area contributed by atoms with Crippen LogP contribution in [-0.4, -0.2) is 38.5 Å². The zero-order valence-electron chi connectivity index (χ0n) is 10.4. The van der Waals surface area contributed by atoms with Gasteiger partial charge in [0.25, 0.3) is 0 Å². The van der Waals surface area contributed by atoms with Crippen molar-refractivity contribution in [3.05, 3.63) is 0 Å². The molecule has 16 heavy (non-hydrogen) atoms. The Morgan fingerprint density at radius 1 is 1.25 bits per heavy atom. The van der Waals surface area contributed by atoms with Crippen molar-refractivity contribution in [2.24, 2.45) is 5.92 Å². The van der Waals surface area contributed by atoms with Gasteiger partial charge in [-0.2, -0.15) is 0 Å². The van der Waals surface area contributed by atoms with Crippen LogP contribution in [0.2, 0.25) is 0 Å². The van der Waals surface area contributed by atoms with Crippen LogP contribution in [0.1, 0.15) is 39.0 Å². The zero-order chi connectivity index (χ0) is 11.2. The highest BCUT2D eigenvalue weighted by Crippen LogP contribution is 2.25. The second-order valence-electron chi connectivity index (χ2n) is 5.13. The first-order valence-corrected chi connectivity index (χ1v) is 6.81. The maximum Gasteiger partial charge on any atom is 0.0605 e. The molecular weight excluding hydrogens is 202 g/mol. The Morgan fingerprint density at radius 2 is 2.00 bits per heavy atom. The lowest BCUT2D eigenvalue weighted by atomic mass is 9.89. The Bertz CT molecular complexity index is 186. The lowest BCUT2D eigenvalue weighted by Gasteiger charge is -2.37. The van der Waals surface area contributed by atoms with E-state index in [4.69, 9.17) is 9.47 Å². The van der Waals surface area contributed by atoms with Crippen LogP contribution in [0.15, 0.2) is 0 Å². The van der Waals surface area contributed by atoms with Gasteiger partial charge in [-0.15, -0.1) is 0 Å². The second-order valence-corrected chi connectivity index (χ2v) is 5.13. The van der Waals surface area contributed by atoms with Gasteiger partial charge in [0.15, 0.2) is 0 Å². The van der Waals surface area contributed by atoms with Gasteiger partial charge in [-0.3, -0.25) is 0 Å². The zero-order valence-corrected chi connectivity index (χ0v) is 10.4. The minimum absolute atomic E-state index is 0.525. The SMILES string of the molecule is CCCNC1CC(OCC2CCOCC2)C1. The average Bonchev–Trinajstić information content (AvgIpc) is 2.28. The molecule has 1 saturated heterocycles. The average molecular weight is 227 g/mol. The summed E-state index contributed by atoms with van der Waals surface area (Å²) in [4.78, 5) is 0. The minimum atomic E-state index is 0.525. The van der Waals surface area contributed by atoms with E-state index in [2.05, 4.69) is 12.2 Å². The predicted molar refractivity (Wildman–Crippen MR) is 64.6 cm³/mol. The Morgan fingerprint density at radius 3 is 2.69 bits per heavy atom. The van der Waals surface area contributed by atoms with Crippen molar-refractivity contribution < 1.29 is 9.47 Å². The van der Waals surface area contributed by atoms with Crippen molar-refractivity contribution in [1.29, 1.82) is 0 Å². The summed E-state index contributed by atoms with van der Waals surface area (Å²) in [6, 6.07) is 0.722. The first kappa shape index (κ1) is 12.3. The largest absolute Gasteiger partial charge is 0.381 e. The van der Waals surface area contributed by atoms with Crippen molar-refractivity contribution in [3.63, 3.8) is 0 Å². The fourth-order valence-corrected chi connectivity index (χ4v) is 2.40. The first-order valence-electron chi connectivity index (χ1n) is 6.81. The van der Waals surface area contributed by atoms with Crippen LogP contribution in [0.4, 0.5) is 0 Å². The minimum Gasteiger partial charge on any atom is -0.381 e. The molecule has 0 unspecified atom stereocenters. The van der Waals surface area contributed by atoms with Crippen LogP contribution in [0.3, 0.4) is 0 Å². The number of ether oxygens (including phenoxy) is 2. The first-order chi connectivity index (χ1) is 7.88. The predicted octanol–water partition coefficient (Wildman–Crippen LogP) is 1.96. The molecule has 1 aliphatic heterocycles. The lowest BCUT2D eigenvalue weighted by molar-refractivity contribution is -0.0505. The monoisotopic (exact) mass is 227 g/mol. The maximum atomic E-state index is 5.93. The highest BCUT2D eigenvalue weighted by atomic mass is 16.5. The summed E-state index contributed by atoms with van der Waals surface area (Å²) in [7, 11) is 0. The fraction of sp³-hybridized carbons (Fsp3) is 1.00. The molecule has 2 aliphatic rings. The highest BCUT2D eigenvalue weighted by Gasteiger charge is 2.29. The summed E-state index contributed by atoms with van der Waals surface area (Å²) in [5.74, 6) is 0.747. The number of nitrogens with one attached hydrogen (secondary N) is 1. The van der Waals surface area contributed by atoms with Gasteiger partial charge >= 0.3 is 0 Å². The third-order valence-electron chi connectivity index (χ3n) is 3.69.